The number of aromatic amines is 1. The third kappa shape index (κ3) is 5.68. The standard InChI is InChI=1S/C26H23F3N8OS/c27-26(28,29)13-22(38)37-8-6-36(7-9-37)14-16-3-5-30-21(11-16)35-25-33-19-2-1-17(12-20(19)34-25)23-18-4-10-39-24(18)32-15-31-23/h1-5,10-12,15H,6-9,13-14H2,(H2,30,33,34,35). The Kier molecular flexibility index (Phi) is 6.61. The van der Waals surface area contributed by atoms with Crippen LogP contribution in [0.5, 0.6) is 0 Å². The normalized spacial score (nSPS) is 14.8. The highest BCUT2D eigenvalue weighted by atomic mass is 32.1. The number of H-pyrrole nitrogens is 1. The van der Waals surface area contributed by atoms with Crippen molar-refractivity contribution in [3.63, 3.8) is 0 Å². The fraction of sp³-hybridized carbons (Fsp3) is 0.269. The van der Waals surface area contributed by atoms with Gasteiger partial charge in [0.25, 0.3) is 0 Å². The number of hydrogen-bond donors (Lipinski definition) is 2. The molecule has 1 aliphatic rings. The first-order valence-corrected chi connectivity index (χ1v) is 13.2. The number of imidazole rings is 1. The van der Waals surface area contributed by atoms with E-state index in [-0.39, 0.29) is 13.1 Å². The second kappa shape index (κ2) is 10.2. The molecule has 2 N–H and O–H groups in total. The number of carbonyl (C=O) groups excluding carboxylic acids is 1. The molecule has 0 aliphatic carbocycles. The third-order valence-electron chi connectivity index (χ3n) is 6.57. The van der Waals surface area contributed by atoms with E-state index < -0.39 is 18.5 Å². The number of benzene rings is 1. The van der Waals surface area contributed by atoms with Crippen molar-refractivity contribution >= 4 is 50.3 Å². The molecule has 0 radical (unpaired) electrons. The van der Waals surface area contributed by atoms with Crippen LogP contribution in [0.2, 0.25) is 0 Å². The van der Waals surface area contributed by atoms with Crippen LogP contribution in [0.15, 0.2) is 54.3 Å². The van der Waals surface area contributed by atoms with Gasteiger partial charge in [-0.3, -0.25) is 9.69 Å². The van der Waals surface area contributed by atoms with E-state index >= 15 is 0 Å². The molecule has 9 nitrogen and oxygen atoms in total. The summed E-state index contributed by atoms with van der Waals surface area (Å²) >= 11 is 1.58. The summed E-state index contributed by atoms with van der Waals surface area (Å²) in [7, 11) is 0. The highest BCUT2D eigenvalue weighted by Gasteiger charge is 2.34. The molecule has 13 heteroatoms. The highest BCUT2D eigenvalue weighted by Crippen LogP contribution is 2.30. The summed E-state index contributed by atoms with van der Waals surface area (Å²) < 4.78 is 37.6. The summed E-state index contributed by atoms with van der Waals surface area (Å²) in [5.74, 6) is 0.292. The molecule has 1 saturated heterocycles. The van der Waals surface area contributed by atoms with Crippen LogP contribution < -0.4 is 5.32 Å². The Hall–Kier alpha value is -4.10. The number of fused-ring (bicyclic) bond motifs is 2. The van der Waals surface area contributed by atoms with E-state index in [0.29, 0.717) is 31.4 Å². The number of anilines is 2. The number of carbonyl (C=O) groups is 1. The zero-order valence-corrected chi connectivity index (χ0v) is 21.4. The minimum atomic E-state index is -4.48. The van der Waals surface area contributed by atoms with E-state index in [1.165, 1.54) is 4.90 Å². The summed E-state index contributed by atoms with van der Waals surface area (Å²) in [6.45, 7) is 2.16. The van der Waals surface area contributed by atoms with Crippen LogP contribution in [-0.2, 0) is 11.3 Å². The molecule has 0 saturated carbocycles. The van der Waals surface area contributed by atoms with Crippen LogP contribution in [0.25, 0.3) is 32.5 Å². The number of nitrogens with zero attached hydrogens (tertiary/aromatic N) is 6. The SMILES string of the molecule is O=C(CC(F)(F)F)N1CCN(Cc2ccnc(Nc3nc4ccc(-c5ncnc6sccc56)cc4[nH]3)c2)CC1. The maximum Gasteiger partial charge on any atom is 0.397 e. The van der Waals surface area contributed by atoms with Crippen LogP contribution in [0, 0.1) is 0 Å². The lowest BCUT2D eigenvalue weighted by atomic mass is 10.1. The first kappa shape index (κ1) is 25.2. The summed E-state index contributed by atoms with van der Waals surface area (Å²) in [6.07, 6.45) is -2.62. The van der Waals surface area contributed by atoms with Crippen molar-refractivity contribution in [3.8, 4) is 11.3 Å². The monoisotopic (exact) mass is 552 g/mol. The summed E-state index contributed by atoms with van der Waals surface area (Å²) in [6, 6.07) is 11.8. The van der Waals surface area contributed by atoms with E-state index in [2.05, 4.69) is 35.1 Å². The maximum atomic E-state index is 12.5. The molecule has 200 valence electrons. The molecule has 0 bridgehead atoms. The number of nitrogens with one attached hydrogen (secondary N) is 2. The molecule has 39 heavy (non-hydrogen) atoms. The molecule has 4 aromatic heterocycles. The number of halogens is 3. The topological polar surface area (TPSA) is 103 Å². The maximum absolute atomic E-state index is 12.5. The van der Waals surface area contributed by atoms with E-state index in [1.54, 1.807) is 23.9 Å². The van der Waals surface area contributed by atoms with Gasteiger partial charge in [-0.05, 0) is 41.3 Å². The number of hydrogen-bond acceptors (Lipinski definition) is 8. The van der Waals surface area contributed by atoms with Crippen LogP contribution in [0.4, 0.5) is 24.9 Å². The van der Waals surface area contributed by atoms with E-state index in [9.17, 15) is 18.0 Å². The zero-order valence-electron chi connectivity index (χ0n) is 20.6. The average Bonchev–Trinajstić information content (AvgIpc) is 3.54. The quantitative estimate of drug-likeness (QED) is 0.307. The van der Waals surface area contributed by atoms with Crippen molar-refractivity contribution in [1.29, 1.82) is 0 Å². The Morgan fingerprint density at radius 3 is 2.72 bits per heavy atom. The van der Waals surface area contributed by atoms with Gasteiger partial charge in [-0.15, -0.1) is 11.3 Å². The second-order valence-electron chi connectivity index (χ2n) is 9.30. The number of thiophene rings is 1. The highest BCUT2D eigenvalue weighted by molar-refractivity contribution is 7.16. The lowest BCUT2D eigenvalue weighted by Gasteiger charge is -2.35. The Morgan fingerprint density at radius 2 is 1.90 bits per heavy atom. The Bertz CT molecular complexity index is 1640. The van der Waals surface area contributed by atoms with Crippen molar-refractivity contribution < 1.29 is 18.0 Å². The van der Waals surface area contributed by atoms with Gasteiger partial charge in [0, 0.05) is 49.9 Å². The number of pyridine rings is 1. The summed E-state index contributed by atoms with van der Waals surface area (Å²) in [5.41, 5.74) is 4.47. The van der Waals surface area contributed by atoms with Crippen molar-refractivity contribution in [2.24, 2.45) is 0 Å². The van der Waals surface area contributed by atoms with E-state index in [1.807, 2.05) is 41.8 Å². The minimum Gasteiger partial charge on any atom is -0.340 e. The Morgan fingerprint density at radius 1 is 1.05 bits per heavy atom. The fourth-order valence-corrected chi connectivity index (χ4v) is 5.43. The number of aromatic nitrogens is 5. The lowest BCUT2D eigenvalue weighted by Crippen LogP contribution is -2.49. The lowest BCUT2D eigenvalue weighted by molar-refractivity contribution is -0.162. The third-order valence-corrected chi connectivity index (χ3v) is 7.39. The largest absolute Gasteiger partial charge is 0.397 e. The molecule has 1 aliphatic heterocycles. The molecular weight excluding hydrogens is 529 g/mol. The van der Waals surface area contributed by atoms with Gasteiger partial charge in [-0.25, -0.2) is 19.9 Å². The Balaban J connectivity index is 1.11. The van der Waals surface area contributed by atoms with Crippen LogP contribution in [0.3, 0.4) is 0 Å². The molecule has 1 aromatic carbocycles. The molecule has 6 rings (SSSR count). The first-order valence-electron chi connectivity index (χ1n) is 12.3. The number of piperazine rings is 1. The van der Waals surface area contributed by atoms with E-state index in [0.717, 1.165) is 38.1 Å². The summed E-state index contributed by atoms with van der Waals surface area (Å²) in [5, 5.41) is 6.23. The first-order chi connectivity index (χ1) is 18.8. The second-order valence-corrected chi connectivity index (χ2v) is 10.2. The van der Waals surface area contributed by atoms with Gasteiger partial charge < -0.3 is 15.2 Å². The molecular formula is C26H23F3N8OS. The fourth-order valence-electron chi connectivity index (χ4n) is 4.70. The van der Waals surface area contributed by atoms with Gasteiger partial charge in [0.1, 0.15) is 23.4 Å². The zero-order chi connectivity index (χ0) is 27.0. The average molecular weight is 553 g/mol. The van der Waals surface area contributed by atoms with Gasteiger partial charge in [0.2, 0.25) is 11.9 Å². The van der Waals surface area contributed by atoms with Gasteiger partial charge >= 0.3 is 6.18 Å². The number of alkyl halides is 3. The van der Waals surface area contributed by atoms with Gasteiger partial charge in [-0.2, -0.15) is 13.2 Å². The molecule has 5 heterocycles. The molecule has 5 aromatic rings. The minimum absolute atomic E-state index is 0.277. The predicted octanol–water partition coefficient (Wildman–Crippen LogP) is 4.97. The molecule has 1 amide bonds. The van der Waals surface area contributed by atoms with Gasteiger partial charge in [0.15, 0.2) is 0 Å². The van der Waals surface area contributed by atoms with Crippen molar-refractivity contribution in [2.75, 3.05) is 31.5 Å². The van der Waals surface area contributed by atoms with Crippen molar-refractivity contribution in [2.45, 2.75) is 19.1 Å². The molecule has 0 unspecified atom stereocenters. The van der Waals surface area contributed by atoms with Crippen molar-refractivity contribution in [1.82, 2.24) is 34.7 Å². The summed E-state index contributed by atoms with van der Waals surface area (Å²) in [4.78, 5) is 37.3. The molecule has 1 fully saturated rings. The van der Waals surface area contributed by atoms with Crippen LogP contribution in [-0.4, -0.2) is 73.0 Å². The van der Waals surface area contributed by atoms with Gasteiger partial charge in [0.05, 0.1) is 16.7 Å². The van der Waals surface area contributed by atoms with Crippen LogP contribution >= 0.6 is 11.3 Å². The predicted molar refractivity (Wildman–Crippen MR) is 143 cm³/mol. The molecule has 0 atom stereocenters. The van der Waals surface area contributed by atoms with E-state index in [4.69, 9.17) is 0 Å². The van der Waals surface area contributed by atoms with Crippen LogP contribution in [0.1, 0.15) is 12.0 Å². The Labute approximate surface area is 224 Å². The smallest absolute Gasteiger partial charge is 0.340 e. The number of rotatable bonds is 6. The van der Waals surface area contributed by atoms with Crippen molar-refractivity contribution in [3.05, 3.63) is 59.9 Å². The number of amides is 1. The van der Waals surface area contributed by atoms with Gasteiger partial charge in [-0.1, -0.05) is 6.07 Å². The molecule has 0 spiro atoms.